The van der Waals surface area contributed by atoms with Gasteiger partial charge < -0.3 is 15.4 Å². The zero-order valence-electron chi connectivity index (χ0n) is 14.5. The molecular weight excluding hydrogens is 494 g/mol. The molecule has 0 saturated carbocycles. The molecule has 1 spiro atoms. The summed E-state index contributed by atoms with van der Waals surface area (Å²) in [5.41, 5.74) is -0.0331. The number of rotatable bonds is 3. The highest BCUT2D eigenvalue weighted by Gasteiger charge is 2.55. The normalized spacial score (nSPS) is 20.6. The van der Waals surface area contributed by atoms with Crippen LogP contribution in [0.25, 0.3) is 0 Å². The first-order chi connectivity index (χ1) is 13.4. The molecule has 0 radical (unpaired) electrons. The third-order valence-corrected chi connectivity index (χ3v) is 5.91. The molecule has 2 aliphatic heterocycles. The van der Waals surface area contributed by atoms with Gasteiger partial charge in [0.05, 0.1) is 12.3 Å². The maximum absolute atomic E-state index is 13.1. The molecule has 9 heteroatoms. The largest absolute Gasteiger partial charge is 0.493 e. The molecule has 1 atom stereocenters. The predicted octanol–water partition coefficient (Wildman–Crippen LogP) is 3.38. The zero-order chi connectivity index (χ0) is 19.9. The van der Waals surface area contributed by atoms with Crippen LogP contribution in [-0.2, 0) is 15.1 Å². The minimum absolute atomic E-state index is 0.301. The number of nitrogens with zero attached hydrogens (tertiary/aromatic N) is 1. The zero-order valence-corrected chi connectivity index (χ0v) is 17.7. The van der Waals surface area contributed by atoms with Crippen LogP contribution in [0.3, 0.4) is 0 Å². The summed E-state index contributed by atoms with van der Waals surface area (Å²) >= 11 is 6.71. The SMILES string of the molecule is O=C(CN1C(=O)N[C@@]2(CCOc3ccccc32)C1=O)Nc1ccc(Br)cc1Br. The van der Waals surface area contributed by atoms with E-state index in [-0.39, 0.29) is 6.54 Å². The molecule has 2 heterocycles. The van der Waals surface area contributed by atoms with Crippen molar-refractivity contribution < 1.29 is 19.1 Å². The number of para-hydroxylation sites is 1. The average molecular weight is 509 g/mol. The van der Waals surface area contributed by atoms with Crippen LogP contribution in [0.5, 0.6) is 5.75 Å². The number of benzene rings is 2. The minimum atomic E-state index is -1.19. The molecule has 28 heavy (non-hydrogen) atoms. The van der Waals surface area contributed by atoms with Gasteiger partial charge in [-0.1, -0.05) is 34.1 Å². The molecule has 4 rings (SSSR count). The highest BCUT2D eigenvalue weighted by Crippen LogP contribution is 2.40. The number of fused-ring (bicyclic) bond motifs is 2. The molecule has 1 saturated heterocycles. The lowest BCUT2D eigenvalue weighted by Crippen LogP contribution is -2.48. The summed E-state index contributed by atoms with van der Waals surface area (Å²) in [5, 5.41) is 5.49. The quantitative estimate of drug-likeness (QED) is 0.622. The van der Waals surface area contributed by atoms with Gasteiger partial charge in [-0.05, 0) is 40.2 Å². The Hall–Kier alpha value is -2.39. The Morgan fingerprint density at radius 2 is 2.00 bits per heavy atom. The number of urea groups is 1. The topological polar surface area (TPSA) is 87.7 Å². The fourth-order valence-electron chi connectivity index (χ4n) is 3.44. The Kier molecular flexibility index (Phi) is 4.88. The average Bonchev–Trinajstić information content (AvgIpc) is 2.89. The van der Waals surface area contributed by atoms with E-state index in [2.05, 4.69) is 42.5 Å². The molecule has 2 aliphatic rings. The van der Waals surface area contributed by atoms with Crippen LogP contribution >= 0.6 is 31.9 Å². The first kappa shape index (κ1) is 18.9. The molecule has 0 aliphatic carbocycles. The Balaban J connectivity index is 1.55. The summed E-state index contributed by atoms with van der Waals surface area (Å²) < 4.78 is 7.14. The van der Waals surface area contributed by atoms with Crippen molar-refractivity contribution in [1.82, 2.24) is 10.2 Å². The van der Waals surface area contributed by atoms with Crippen LogP contribution in [0.15, 0.2) is 51.4 Å². The van der Waals surface area contributed by atoms with E-state index in [1.807, 2.05) is 0 Å². The molecular formula is C19H15Br2N3O4. The second-order valence-corrected chi connectivity index (χ2v) is 8.26. The van der Waals surface area contributed by atoms with E-state index < -0.39 is 23.4 Å². The third kappa shape index (κ3) is 3.18. The lowest BCUT2D eigenvalue weighted by molar-refractivity contribution is -0.135. The summed E-state index contributed by atoms with van der Waals surface area (Å²) in [6.45, 7) is -0.0765. The van der Waals surface area contributed by atoms with Gasteiger partial charge >= 0.3 is 6.03 Å². The summed E-state index contributed by atoms with van der Waals surface area (Å²) in [7, 11) is 0. The number of ether oxygens (including phenoxy) is 1. The highest BCUT2D eigenvalue weighted by atomic mass is 79.9. The van der Waals surface area contributed by atoms with Gasteiger partial charge in [-0.3, -0.25) is 14.5 Å². The molecule has 2 N–H and O–H groups in total. The first-order valence-corrected chi connectivity index (χ1v) is 10.1. The van der Waals surface area contributed by atoms with E-state index >= 15 is 0 Å². The van der Waals surface area contributed by atoms with E-state index in [0.717, 1.165) is 9.37 Å². The van der Waals surface area contributed by atoms with Crippen LogP contribution in [0.4, 0.5) is 10.5 Å². The Morgan fingerprint density at radius 3 is 2.79 bits per heavy atom. The van der Waals surface area contributed by atoms with Crippen molar-refractivity contribution in [2.24, 2.45) is 0 Å². The number of amides is 4. The number of nitrogens with one attached hydrogen (secondary N) is 2. The van der Waals surface area contributed by atoms with Crippen molar-refractivity contribution in [2.45, 2.75) is 12.0 Å². The van der Waals surface area contributed by atoms with Gasteiger partial charge in [-0.25, -0.2) is 4.79 Å². The summed E-state index contributed by atoms with van der Waals surface area (Å²) in [6.07, 6.45) is 0.310. The Labute approximate surface area is 177 Å². The van der Waals surface area contributed by atoms with E-state index in [1.54, 1.807) is 42.5 Å². The number of carbonyl (C=O) groups excluding carboxylic acids is 3. The van der Waals surface area contributed by atoms with Crippen LogP contribution in [0, 0.1) is 0 Å². The van der Waals surface area contributed by atoms with Gasteiger partial charge in [-0.2, -0.15) is 0 Å². The molecule has 1 fully saturated rings. The summed E-state index contributed by atoms with van der Waals surface area (Å²) in [6, 6.07) is 11.8. The number of imide groups is 1. The smallest absolute Gasteiger partial charge is 0.325 e. The number of hydrogen-bond donors (Lipinski definition) is 2. The number of hydrogen-bond acceptors (Lipinski definition) is 4. The standard InChI is InChI=1S/C19H15Br2N3O4/c20-11-5-6-14(13(21)9-11)22-16(25)10-24-17(26)19(23-18(24)27)7-8-28-15-4-2-1-3-12(15)19/h1-6,9H,7-8,10H2,(H,22,25)(H,23,27)/t19-/m1/s1. The van der Waals surface area contributed by atoms with Crippen molar-refractivity contribution in [2.75, 3.05) is 18.5 Å². The molecule has 2 aromatic rings. The lowest BCUT2D eigenvalue weighted by atomic mass is 9.84. The molecule has 2 aromatic carbocycles. The summed E-state index contributed by atoms with van der Waals surface area (Å²) in [4.78, 5) is 39.1. The second kappa shape index (κ2) is 7.21. The first-order valence-electron chi connectivity index (χ1n) is 8.52. The van der Waals surface area contributed by atoms with Gasteiger partial charge in [0.25, 0.3) is 5.91 Å². The van der Waals surface area contributed by atoms with Crippen molar-refractivity contribution in [3.8, 4) is 5.75 Å². The van der Waals surface area contributed by atoms with Crippen molar-refractivity contribution in [3.63, 3.8) is 0 Å². The van der Waals surface area contributed by atoms with Crippen molar-refractivity contribution in [3.05, 3.63) is 57.0 Å². The maximum Gasteiger partial charge on any atom is 0.325 e. The van der Waals surface area contributed by atoms with Crippen LogP contribution < -0.4 is 15.4 Å². The van der Waals surface area contributed by atoms with Gasteiger partial charge in [0.2, 0.25) is 5.91 Å². The van der Waals surface area contributed by atoms with Crippen LogP contribution in [-0.4, -0.2) is 35.9 Å². The maximum atomic E-state index is 13.1. The molecule has 4 amide bonds. The third-order valence-electron chi connectivity index (χ3n) is 4.76. The number of halogens is 2. The fourth-order valence-corrected chi connectivity index (χ4v) is 4.59. The Morgan fingerprint density at radius 1 is 1.21 bits per heavy atom. The number of carbonyl (C=O) groups is 3. The number of anilines is 1. The molecule has 0 bridgehead atoms. The van der Waals surface area contributed by atoms with Gasteiger partial charge in [0, 0.05) is 20.9 Å². The second-order valence-electron chi connectivity index (χ2n) is 6.49. The van der Waals surface area contributed by atoms with Gasteiger partial charge in [0.1, 0.15) is 12.3 Å². The van der Waals surface area contributed by atoms with Gasteiger partial charge in [-0.15, -0.1) is 0 Å². The monoisotopic (exact) mass is 507 g/mol. The molecule has 0 aromatic heterocycles. The summed E-state index contributed by atoms with van der Waals surface area (Å²) in [5.74, 6) is -0.352. The molecule has 7 nitrogen and oxygen atoms in total. The van der Waals surface area contributed by atoms with Gasteiger partial charge in [0.15, 0.2) is 5.54 Å². The van der Waals surface area contributed by atoms with Crippen molar-refractivity contribution in [1.29, 1.82) is 0 Å². The highest BCUT2D eigenvalue weighted by molar-refractivity contribution is 9.11. The van der Waals surface area contributed by atoms with Crippen LogP contribution in [0.1, 0.15) is 12.0 Å². The van der Waals surface area contributed by atoms with Crippen LogP contribution in [0.2, 0.25) is 0 Å². The van der Waals surface area contributed by atoms with E-state index in [4.69, 9.17) is 4.74 Å². The predicted molar refractivity (Wildman–Crippen MR) is 109 cm³/mol. The molecule has 144 valence electrons. The Bertz CT molecular complexity index is 997. The fraction of sp³-hybridized carbons (Fsp3) is 0.211. The van der Waals surface area contributed by atoms with E-state index in [0.29, 0.717) is 34.5 Å². The van der Waals surface area contributed by atoms with E-state index in [9.17, 15) is 14.4 Å². The van der Waals surface area contributed by atoms with Crippen molar-refractivity contribution >= 4 is 55.4 Å². The minimum Gasteiger partial charge on any atom is -0.493 e. The van der Waals surface area contributed by atoms with E-state index in [1.165, 1.54) is 0 Å². The molecule has 0 unspecified atom stereocenters. The lowest BCUT2D eigenvalue weighted by Gasteiger charge is -2.33.